The quantitative estimate of drug-likeness (QED) is 0.843. The molecular weight excluding hydrogens is 226 g/mol. The van der Waals surface area contributed by atoms with E-state index in [1.807, 2.05) is 0 Å². The Hall–Kier alpha value is -0.900. The first-order chi connectivity index (χ1) is 8.79. The maximum atomic E-state index is 5.76. The lowest BCUT2D eigenvalue weighted by molar-refractivity contribution is 0.317. The van der Waals surface area contributed by atoms with E-state index in [4.69, 9.17) is 4.42 Å². The fourth-order valence-corrected chi connectivity index (χ4v) is 2.61. The maximum absolute atomic E-state index is 5.76. The second kappa shape index (κ2) is 6.88. The molecule has 1 unspecified atom stereocenters. The summed E-state index contributed by atoms with van der Waals surface area (Å²) in [5, 5.41) is 11.7. The number of aromatic nitrogens is 2. The van der Waals surface area contributed by atoms with Gasteiger partial charge in [0, 0.05) is 6.42 Å². The van der Waals surface area contributed by atoms with Crippen molar-refractivity contribution in [1.82, 2.24) is 15.5 Å². The zero-order chi connectivity index (χ0) is 12.8. The Labute approximate surface area is 110 Å². The van der Waals surface area contributed by atoms with Crippen molar-refractivity contribution >= 4 is 0 Å². The molecule has 1 saturated carbocycles. The lowest BCUT2D eigenvalue weighted by atomic mass is 9.87. The van der Waals surface area contributed by atoms with E-state index in [9.17, 15) is 0 Å². The molecule has 0 aromatic carbocycles. The van der Waals surface area contributed by atoms with E-state index in [1.165, 1.54) is 32.1 Å². The predicted molar refractivity (Wildman–Crippen MR) is 71.3 cm³/mol. The van der Waals surface area contributed by atoms with Gasteiger partial charge in [0.1, 0.15) is 0 Å². The molecule has 4 heteroatoms. The molecule has 1 fully saturated rings. The van der Waals surface area contributed by atoms with Gasteiger partial charge in [-0.1, -0.05) is 26.2 Å². The molecule has 0 bridgehead atoms. The molecule has 1 aromatic rings. The van der Waals surface area contributed by atoms with Crippen LogP contribution in [0.25, 0.3) is 0 Å². The Morgan fingerprint density at radius 1 is 1.28 bits per heavy atom. The van der Waals surface area contributed by atoms with E-state index in [2.05, 4.69) is 29.4 Å². The molecule has 1 atom stereocenters. The third-order valence-corrected chi connectivity index (χ3v) is 3.74. The predicted octanol–water partition coefficient (Wildman–Crippen LogP) is 3.25. The van der Waals surface area contributed by atoms with Gasteiger partial charge >= 0.3 is 0 Å². The van der Waals surface area contributed by atoms with E-state index in [1.54, 1.807) is 0 Å². The average Bonchev–Trinajstić information content (AvgIpc) is 2.86. The molecule has 0 amide bonds. The van der Waals surface area contributed by atoms with Crippen LogP contribution in [0.2, 0.25) is 0 Å². The normalized spacial score (nSPS) is 19.0. The van der Waals surface area contributed by atoms with Crippen molar-refractivity contribution in [2.45, 2.75) is 64.8 Å². The van der Waals surface area contributed by atoms with Crippen LogP contribution in [0.5, 0.6) is 0 Å². The smallest absolute Gasteiger partial charge is 0.233 e. The van der Waals surface area contributed by atoms with Crippen LogP contribution in [0.4, 0.5) is 0 Å². The van der Waals surface area contributed by atoms with Crippen LogP contribution in [0.3, 0.4) is 0 Å². The van der Waals surface area contributed by atoms with Gasteiger partial charge in [-0.05, 0) is 38.6 Å². The van der Waals surface area contributed by atoms with E-state index >= 15 is 0 Å². The van der Waals surface area contributed by atoms with Gasteiger partial charge in [0.2, 0.25) is 11.8 Å². The highest BCUT2D eigenvalue weighted by Crippen LogP contribution is 2.26. The molecule has 0 radical (unpaired) electrons. The molecule has 18 heavy (non-hydrogen) atoms. The molecule has 0 saturated heterocycles. The van der Waals surface area contributed by atoms with Crippen LogP contribution in [0.1, 0.15) is 70.2 Å². The monoisotopic (exact) mass is 251 g/mol. The van der Waals surface area contributed by atoms with Crippen LogP contribution in [0.15, 0.2) is 4.42 Å². The first-order valence-corrected chi connectivity index (χ1v) is 7.35. The zero-order valence-electron chi connectivity index (χ0n) is 11.6. The minimum Gasteiger partial charge on any atom is -0.424 e. The third-order valence-electron chi connectivity index (χ3n) is 3.74. The Morgan fingerprint density at radius 2 is 2.06 bits per heavy atom. The van der Waals surface area contributed by atoms with E-state index in [0.29, 0.717) is 0 Å². The highest BCUT2D eigenvalue weighted by molar-refractivity contribution is 4.89. The summed E-state index contributed by atoms with van der Waals surface area (Å²) in [5.74, 6) is 2.31. The van der Waals surface area contributed by atoms with Gasteiger partial charge in [0.05, 0.1) is 6.04 Å². The molecule has 1 N–H and O–H groups in total. The topological polar surface area (TPSA) is 51.0 Å². The molecule has 102 valence electrons. The summed E-state index contributed by atoms with van der Waals surface area (Å²) in [7, 11) is 0. The highest BCUT2D eigenvalue weighted by Gasteiger charge is 2.18. The van der Waals surface area contributed by atoms with Gasteiger partial charge in [-0.2, -0.15) is 0 Å². The van der Waals surface area contributed by atoms with Crippen LogP contribution >= 0.6 is 0 Å². The SMILES string of the molecule is CCCNC(C)c1nnc(CC2CCCCC2)o1. The third kappa shape index (κ3) is 3.80. The molecule has 1 heterocycles. The average molecular weight is 251 g/mol. The van der Waals surface area contributed by atoms with Gasteiger partial charge in [-0.25, -0.2) is 0 Å². The molecule has 2 rings (SSSR count). The summed E-state index contributed by atoms with van der Waals surface area (Å²) in [5.41, 5.74) is 0. The molecule has 0 spiro atoms. The lowest BCUT2D eigenvalue weighted by Crippen LogP contribution is -2.19. The Morgan fingerprint density at radius 3 is 2.78 bits per heavy atom. The fourth-order valence-electron chi connectivity index (χ4n) is 2.61. The molecule has 1 aliphatic rings. The first-order valence-electron chi connectivity index (χ1n) is 7.35. The summed E-state index contributed by atoms with van der Waals surface area (Å²) in [4.78, 5) is 0. The summed E-state index contributed by atoms with van der Waals surface area (Å²) >= 11 is 0. The van der Waals surface area contributed by atoms with Gasteiger partial charge in [0.15, 0.2) is 0 Å². The van der Waals surface area contributed by atoms with Crippen molar-refractivity contribution in [2.24, 2.45) is 5.92 Å². The van der Waals surface area contributed by atoms with Crippen molar-refractivity contribution < 1.29 is 4.42 Å². The largest absolute Gasteiger partial charge is 0.424 e. The minimum atomic E-state index is 0.164. The summed E-state index contributed by atoms with van der Waals surface area (Å²) < 4.78 is 5.76. The van der Waals surface area contributed by atoms with Crippen molar-refractivity contribution in [3.63, 3.8) is 0 Å². The molecule has 4 nitrogen and oxygen atoms in total. The number of hydrogen-bond acceptors (Lipinski definition) is 4. The van der Waals surface area contributed by atoms with E-state index < -0.39 is 0 Å². The standard InChI is InChI=1S/C14H25N3O/c1-3-9-15-11(2)14-17-16-13(18-14)10-12-7-5-4-6-8-12/h11-12,15H,3-10H2,1-2H3. The van der Waals surface area contributed by atoms with Crippen LogP contribution < -0.4 is 5.32 Å². The van der Waals surface area contributed by atoms with E-state index in [-0.39, 0.29) is 6.04 Å². The van der Waals surface area contributed by atoms with Crippen molar-refractivity contribution in [3.05, 3.63) is 11.8 Å². The van der Waals surface area contributed by atoms with Gasteiger partial charge in [-0.3, -0.25) is 0 Å². The van der Waals surface area contributed by atoms with Crippen molar-refractivity contribution in [3.8, 4) is 0 Å². The van der Waals surface area contributed by atoms with Gasteiger partial charge in [0.25, 0.3) is 0 Å². The molecule has 1 aromatic heterocycles. The lowest BCUT2D eigenvalue weighted by Gasteiger charge is -2.19. The van der Waals surface area contributed by atoms with Gasteiger partial charge < -0.3 is 9.73 Å². The van der Waals surface area contributed by atoms with E-state index in [0.717, 1.165) is 37.1 Å². The fraction of sp³-hybridized carbons (Fsp3) is 0.857. The highest BCUT2D eigenvalue weighted by atomic mass is 16.4. The zero-order valence-corrected chi connectivity index (χ0v) is 11.6. The van der Waals surface area contributed by atoms with Crippen LogP contribution in [-0.2, 0) is 6.42 Å². The number of rotatable bonds is 6. The maximum Gasteiger partial charge on any atom is 0.233 e. The molecular formula is C14H25N3O. The Balaban J connectivity index is 1.84. The number of hydrogen-bond donors (Lipinski definition) is 1. The van der Waals surface area contributed by atoms with Crippen LogP contribution in [0, 0.1) is 5.92 Å². The Kier molecular flexibility index (Phi) is 5.17. The number of nitrogens with one attached hydrogen (secondary N) is 1. The second-order valence-corrected chi connectivity index (χ2v) is 5.42. The van der Waals surface area contributed by atoms with Gasteiger partial charge in [-0.15, -0.1) is 10.2 Å². The summed E-state index contributed by atoms with van der Waals surface area (Å²) in [6.07, 6.45) is 8.84. The minimum absolute atomic E-state index is 0.164. The first kappa shape index (κ1) is 13.5. The van der Waals surface area contributed by atoms with Crippen LogP contribution in [-0.4, -0.2) is 16.7 Å². The summed E-state index contributed by atoms with van der Waals surface area (Å²) in [6, 6.07) is 0.164. The number of nitrogens with zero attached hydrogens (tertiary/aromatic N) is 2. The molecule has 1 aliphatic carbocycles. The second-order valence-electron chi connectivity index (χ2n) is 5.42. The summed E-state index contributed by atoms with van der Waals surface area (Å²) in [6.45, 7) is 5.22. The van der Waals surface area contributed by atoms with Crippen molar-refractivity contribution in [1.29, 1.82) is 0 Å². The molecule has 0 aliphatic heterocycles. The Bertz CT molecular complexity index is 345. The van der Waals surface area contributed by atoms with Crippen molar-refractivity contribution in [2.75, 3.05) is 6.54 Å².